The molecule has 0 aliphatic rings. The van der Waals surface area contributed by atoms with Crippen LogP contribution in [0.25, 0.3) is 0 Å². The molecule has 8 heteroatoms. The van der Waals surface area contributed by atoms with Crippen LogP contribution in [0.3, 0.4) is 0 Å². The van der Waals surface area contributed by atoms with Crippen LogP contribution in [0, 0.1) is 20.8 Å². The lowest BCUT2D eigenvalue weighted by molar-refractivity contribution is -0.129. The van der Waals surface area contributed by atoms with Gasteiger partial charge in [0, 0.05) is 25.4 Å². The number of carbonyl (C=O) groups is 1. The van der Waals surface area contributed by atoms with Crippen LogP contribution in [0.4, 0.5) is 0 Å². The molecule has 0 aromatic carbocycles. The van der Waals surface area contributed by atoms with Gasteiger partial charge in [0.1, 0.15) is 0 Å². The molecule has 0 radical (unpaired) electrons. The first-order chi connectivity index (χ1) is 10.3. The molecule has 22 heavy (non-hydrogen) atoms. The molecule has 0 saturated heterocycles. The molecule has 1 amide bonds. The van der Waals surface area contributed by atoms with Crippen molar-refractivity contribution in [2.75, 3.05) is 7.05 Å². The maximum atomic E-state index is 12.4. The van der Waals surface area contributed by atoms with Gasteiger partial charge >= 0.3 is 0 Å². The Bertz CT molecular complexity index is 653. The smallest absolute Gasteiger partial charge is 0.236 e. The second-order valence-corrected chi connectivity index (χ2v) is 6.41. The molecule has 0 unspecified atom stereocenters. The van der Waals surface area contributed by atoms with Crippen molar-refractivity contribution in [1.82, 2.24) is 25.1 Å². The molecule has 2 rings (SSSR count). The summed E-state index contributed by atoms with van der Waals surface area (Å²) in [4.78, 5) is 22.6. The van der Waals surface area contributed by atoms with Gasteiger partial charge in [-0.2, -0.15) is 0 Å². The Morgan fingerprint density at radius 3 is 2.45 bits per heavy atom. The highest BCUT2D eigenvalue weighted by Gasteiger charge is 2.21. The molecule has 0 aliphatic heterocycles. The van der Waals surface area contributed by atoms with E-state index in [0.29, 0.717) is 16.9 Å². The summed E-state index contributed by atoms with van der Waals surface area (Å²) in [6.45, 7) is 7.67. The lowest BCUT2D eigenvalue weighted by atomic mass is 10.4. The Morgan fingerprint density at radius 1 is 1.27 bits per heavy atom. The fourth-order valence-corrected chi connectivity index (χ4v) is 2.94. The van der Waals surface area contributed by atoms with Crippen LogP contribution in [0.1, 0.15) is 30.1 Å². The van der Waals surface area contributed by atoms with Gasteiger partial charge < -0.3 is 9.32 Å². The topological polar surface area (TPSA) is 85.0 Å². The van der Waals surface area contributed by atoms with E-state index in [9.17, 15) is 4.79 Å². The van der Waals surface area contributed by atoms with Crippen LogP contribution in [-0.4, -0.2) is 43.3 Å². The van der Waals surface area contributed by atoms with Gasteiger partial charge in [-0.25, -0.2) is 9.97 Å². The lowest BCUT2D eigenvalue weighted by Crippen LogP contribution is -2.33. The Kier molecular flexibility index (Phi) is 5.12. The second-order valence-electron chi connectivity index (χ2n) is 5.10. The Labute approximate surface area is 133 Å². The van der Waals surface area contributed by atoms with E-state index >= 15 is 0 Å². The Balaban J connectivity index is 1.98. The number of aromatic nitrogens is 4. The van der Waals surface area contributed by atoms with E-state index in [4.69, 9.17) is 4.42 Å². The Morgan fingerprint density at radius 2 is 1.91 bits per heavy atom. The van der Waals surface area contributed by atoms with E-state index in [1.54, 1.807) is 18.9 Å². The van der Waals surface area contributed by atoms with Gasteiger partial charge in [-0.3, -0.25) is 4.79 Å². The summed E-state index contributed by atoms with van der Waals surface area (Å²) in [5, 5.41) is 7.96. The number of thioether (sulfide) groups is 1. The predicted octanol–water partition coefficient (Wildman–Crippen LogP) is 1.92. The van der Waals surface area contributed by atoms with Gasteiger partial charge in [-0.15, -0.1) is 10.2 Å². The standard InChI is InChI=1S/C14H19N5O2S/c1-8-6-9(2)16-14(15-8)22-10(3)13(20)19(5)7-12-18-17-11(4)21-12/h6,10H,7H2,1-5H3/t10-/m0/s1. The SMILES string of the molecule is Cc1cc(C)nc(S[C@@H](C)C(=O)N(C)Cc2nnc(C)o2)n1. The highest BCUT2D eigenvalue weighted by Crippen LogP contribution is 2.21. The molecule has 0 N–H and O–H groups in total. The molecule has 118 valence electrons. The third-order valence-corrected chi connectivity index (χ3v) is 3.86. The first-order valence-electron chi connectivity index (χ1n) is 6.88. The molecule has 2 aromatic rings. The third kappa shape index (κ3) is 4.27. The lowest BCUT2D eigenvalue weighted by Gasteiger charge is -2.19. The van der Waals surface area contributed by atoms with E-state index < -0.39 is 0 Å². The van der Waals surface area contributed by atoms with E-state index in [1.807, 2.05) is 26.8 Å². The fourth-order valence-electron chi connectivity index (χ4n) is 1.95. The highest BCUT2D eigenvalue weighted by atomic mass is 32.2. The van der Waals surface area contributed by atoms with E-state index in [1.165, 1.54) is 11.8 Å². The van der Waals surface area contributed by atoms with Crippen molar-refractivity contribution in [3.8, 4) is 0 Å². The summed E-state index contributed by atoms with van der Waals surface area (Å²) in [5.41, 5.74) is 1.79. The minimum Gasteiger partial charge on any atom is -0.424 e. The molecule has 2 aromatic heterocycles. The van der Waals surface area contributed by atoms with Crippen molar-refractivity contribution >= 4 is 17.7 Å². The zero-order chi connectivity index (χ0) is 16.3. The molecule has 1 atom stereocenters. The maximum absolute atomic E-state index is 12.4. The highest BCUT2D eigenvalue weighted by molar-refractivity contribution is 8.00. The minimum absolute atomic E-state index is 0.0383. The summed E-state index contributed by atoms with van der Waals surface area (Å²) in [6.07, 6.45) is 0. The summed E-state index contributed by atoms with van der Waals surface area (Å²) < 4.78 is 5.29. The number of hydrogen-bond acceptors (Lipinski definition) is 7. The van der Waals surface area contributed by atoms with E-state index in [2.05, 4.69) is 20.2 Å². The van der Waals surface area contributed by atoms with Crippen molar-refractivity contribution in [3.05, 3.63) is 29.2 Å². The number of amides is 1. The number of aryl methyl sites for hydroxylation is 3. The van der Waals surface area contributed by atoms with Gasteiger partial charge in [-0.05, 0) is 26.8 Å². The van der Waals surface area contributed by atoms with Crippen LogP contribution in [0.2, 0.25) is 0 Å². The normalized spacial score (nSPS) is 12.2. The van der Waals surface area contributed by atoms with Crippen LogP contribution < -0.4 is 0 Å². The largest absolute Gasteiger partial charge is 0.424 e. The van der Waals surface area contributed by atoms with Gasteiger partial charge in [0.25, 0.3) is 0 Å². The molecule has 0 bridgehead atoms. The summed E-state index contributed by atoms with van der Waals surface area (Å²) in [5.74, 6) is 0.874. The van der Waals surface area contributed by atoms with Crippen LogP contribution >= 0.6 is 11.8 Å². The van der Waals surface area contributed by atoms with Crippen molar-refractivity contribution in [2.45, 2.75) is 44.6 Å². The average molecular weight is 321 g/mol. The number of hydrogen-bond donors (Lipinski definition) is 0. The third-order valence-electron chi connectivity index (χ3n) is 2.91. The number of rotatable bonds is 5. The van der Waals surface area contributed by atoms with Crippen LogP contribution in [-0.2, 0) is 11.3 Å². The van der Waals surface area contributed by atoms with E-state index in [-0.39, 0.29) is 17.7 Å². The monoisotopic (exact) mass is 321 g/mol. The summed E-state index contributed by atoms with van der Waals surface area (Å²) >= 11 is 1.34. The molecule has 0 saturated carbocycles. The average Bonchev–Trinajstić information content (AvgIpc) is 2.81. The number of carbonyl (C=O) groups excluding carboxylic acids is 1. The molecular weight excluding hydrogens is 302 g/mol. The zero-order valence-corrected chi connectivity index (χ0v) is 14.1. The van der Waals surface area contributed by atoms with Crippen molar-refractivity contribution in [1.29, 1.82) is 0 Å². The molecule has 2 heterocycles. The molecular formula is C14H19N5O2S. The summed E-state index contributed by atoms with van der Waals surface area (Å²) in [7, 11) is 1.71. The number of nitrogens with zero attached hydrogens (tertiary/aromatic N) is 5. The molecule has 0 fully saturated rings. The first kappa shape index (κ1) is 16.4. The van der Waals surface area contributed by atoms with Gasteiger partial charge in [0.15, 0.2) is 5.16 Å². The van der Waals surface area contributed by atoms with Crippen LogP contribution in [0.15, 0.2) is 15.6 Å². The fraction of sp³-hybridized carbons (Fsp3) is 0.500. The van der Waals surface area contributed by atoms with Gasteiger partial charge in [0.05, 0.1) is 11.8 Å². The van der Waals surface area contributed by atoms with Gasteiger partial charge in [-0.1, -0.05) is 11.8 Å². The summed E-state index contributed by atoms with van der Waals surface area (Å²) in [6, 6.07) is 1.90. The Hall–Kier alpha value is -1.96. The maximum Gasteiger partial charge on any atom is 0.236 e. The van der Waals surface area contributed by atoms with Crippen molar-refractivity contribution in [2.24, 2.45) is 0 Å². The van der Waals surface area contributed by atoms with Gasteiger partial charge in [0.2, 0.25) is 17.7 Å². The molecule has 0 spiro atoms. The predicted molar refractivity (Wildman–Crippen MR) is 82.3 cm³/mol. The first-order valence-corrected chi connectivity index (χ1v) is 7.76. The van der Waals surface area contributed by atoms with Crippen molar-refractivity contribution in [3.63, 3.8) is 0 Å². The van der Waals surface area contributed by atoms with E-state index in [0.717, 1.165) is 11.4 Å². The van der Waals surface area contributed by atoms with Crippen LogP contribution in [0.5, 0.6) is 0 Å². The van der Waals surface area contributed by atoms with Crippen molar-refractivity contribution < 1.29 is 9.21 Å². The zero-order valence-electron chi connectivity index (χ0n) is 13.3. The minimum atomic E-state index is -0.296. The quantitative estimate of drug-likeness (QED) is 0.614. The second kappa shape index (κ2) is 6.87. The molecule has 0 aliphatic carbocycles. The molecule has 7 nitrogen and oxygen atoms in total.